The third kappa shape index (κ3) is 4.48. The fourth-order valence-corrected chi connectivity index (χ4v) is 4.25. The van der Waals surface area contributed by atoms with Crippen LogP contribution in [0.1, 0.15) is 48.8 Å². The lowest BCUT2D eigenvalue weighted by Gasteiger charge is -2.37. The summed E-state index contributed by atoms with van der Waals surface area (Å²) in [7, 11) is 0. The van der Waals surface area contributed by atoms with E-state index in [1.807, 2.05) is 48.2 Å². The summed E-state index contributed by atoms with van der Waals surface area (Å²) in [5.74, 6) is 0.163. The van der Waals surface area contributed by atoms with Crippen molar-refractivity contribution < 1.29 is 9.18 Å². The van der Waals surface area contributed by atoms with Gasteiger partial charge in [0.1, 0.15) is 5.82 Å². The standard InChI is InChI=1S/C23H27FN4O/c1-2-28(23(29)22-26-20-8-3-4-9-21(20)27-22)19-7-5-6-18(14-19)25-15-16-10-12-17(24)13-11-16/h3-4,8-13,18-19,25H,2,5-7,14-15H2,1H3,(H,26,27). The van der Waals surface area contributed by atoms with E-state index in [0.717, 1.165) is 42.3 Å². The molecule has 0 radical (unpaired) electrons. The Morgan fingerprint density at radius 3 is 2.76 bits per heavy atom. The second kappa shape index (κ2) is 8.74. The third-order valence-corrected chi connectivity index (χ3v) is 5.79. The van der Waals surface area contributed by atoms with Crippen LogP contribution in [0.4, 0.5) is 4.39 Å². The Bertz CT molecular complexity index is 935. The van der Waals surface area contributed by atoms with Crippen LogP contribution in [0.15, 0.2) is 48.5 Å². The van der Waals surface area contributed by atoms with Gasteiger partial charge in [-0.3, -0.25) is 4.79 Å². The zero-order valence-electron chi connectivity index (χ0n) is 16.7. The van der Waals surface area contributed by atoms with Crippen molar-refractivity contribution in [3.05, 3.63) is 65.7 Å². The molecule has 3 aromatic rings. The number of fused-ring (bicyclic) bond motifs is 1. The smallest absolute Gasteiger partial charge is 0.289 e. The van der Waals surface area contributed by atoms with Crippen molar-refractivity contribution in [2.75, 3.05) is 6.54 Å². The van der Waals surface area contributed by atoms with Crippen LogP contribution in [-0.2, 0) is 6.54 Å². The number of para-hydroxylation sites is 2. The van der Waals surface area contributed by atoms with Gasteiger partial charge in [-0.1, -0.05) is 24.3 Å². The summed E-state index contributed by atoms with van der Waals surface area (Å²) >= 11 is 0. The lowest BCUT2D eigenvalue weighted by molar-refractivity contribution is 0.0617. The first-order valence-corrected chi connectivity index (χ1v) is 10.4. The number of hydrogen-bond acceptors (Lipinski definition) is 3. The Balaban J connectivity index is 1.41. The van der Waals surface area contributed by atoms with Crippen LogP contribution in [0, 0.1) is 5.82 Å². The van der Waals surface area contributed by atoms with Crippen molar-refractivity contribution in [1.82, 2.24) is 20.2 Å². The van der Waals surface area contributed by atoms with Gasteiger partial charge in [-0.15, -0.1) is 0 Å². The van der Waals surface area contributed by atoms with Crippen LogP contribution in [0.25, 0.3) is 11.0 Å². The first-order chi connectivity index (χ1) is 14.1. The monoisotopic (exact) mass is 394 g/mol. The number of H-pyrrole nitrogens is 1. The van der Waals surface area contributed by atoms with E-state index in [-0.39, 0.29) is 17.8 Å². The molecule has 1 aromatic heterocycles. The number of halogens is 1. The summed E-state index contributed by atoms with van der Waals surface area (Å²) < 4.78 is 13.1. The molecule has 1 heterocycles. The number of aromatic nitrogens is 2. The van der Waals surface area contributed by atoms with E-state index in [0.29, 0.717) is 25.0 Å². The molecule has 2 aromatic carbocycles. The lowest BCUT2D eigenvalue weighted by atomic mass is 9.89. The van der Waals surface area contributed by atoms with Gasteiger partial charge in [0, 0.05) is 25.2 Å². The van der Waals surface area contributed by atoms with Gasteiger partial charge < -0.3 is 15.2 Å². The highest BCUT2D eigenvalue weighted by atomic mass is 19.1. The normalized spacial score (nSPS) is 19.4. The molecule has 1 saturated carbocycles. The Morgan fingerprint density at radius 2 is 2.00 bits per heavy atom. The van der Waals surface area contributed by atoms with Gasteiger partial charge >= 0.3 is 0 Å². The zero-order valence-corrected chi connectivity index (χ0v) is 16.7. The quantitative estimate of drug-likeness (QED) is 0.657. The fraction of sp³-hybridized carbons (Fsp3) is 0.391. The molecule has 4 rings (SSSR count). The molecular weight excluding hydrogens is 367 g/mol. The number of aromatic amines is 1. The molecule has 1 amide bonds. The second-order valence-corrected chi connectivity index (χ2v) is 7.72. The van der Waals surface area contributed by atoms with Crippen molar-refractivity contribution in [1.29, 1.82) is 0 Å². The summed E-state index contributed by atoms with van der Waals surface area (Å²) in [6.07, 6.45) is 4.10. The van der Waals surface area contributed by atoms with Gasteiger partial charge in [-0.2, -0.15) is 0 Å². The number of hydrogen-bond donors (Lipinski definition) is 2. The maximum absolute atomic E-state index is 13.1. The molecule has 1 fully saturated rings. The SMILES string of the molecule is CCN(C(=O)c1nc2ccccc2[nH]1)C1CCCC(NCc2ccc(F)cc2)C1. The van der Waals surface area contributed by atoms with E-state index >= 15 is 0 Å². The van der Waals surface area contributed by atoms with Crippen LogP contribution in [0.5, 0.6) is 0 Å². The highest BCUT2D eigenvalue weighted by Crippen LogP contribution is 2.25. The average Bonchev–Trinajstić information content (AvgIpc) is 3.18. The molecular formula is C23H27FN4O. The molecule has 152 valence electrons. The predicted octanol–water partition coefficient (Wildman–Crippen LogP) is 4.27. The van der Waals surface area contributed by atoms with Crippen LogP contribution in [0.2, 0.25) is 0 Å². The fourth-order valence-electron chi connectivity index (χ4n) is 4.25. The molecule has 2 atom stereocenters. The molecule has 0 bridgehead atoms. The minimum Gasteiger partial charge on any atom is -0.334 e. The van der Waals surface area contributed by atoms with Crippen LogP contribution < -0.4 is 5.32 Å². The van der Waals surface area contributed by atoms with Crippen molar-refractivity contribution in [3.8, 4) is 0 Å². The highest BCUT2D eigenvalue weighted by molar-refractivity contribution is 5.94. The van der Waals surface area contributed by atoms with Gasteiger partial charge in [-0.05, 0) is 62.4 Å². The number of nitrogens with one attached hydrogen (secondary N) is 2. The Kier molecular flexibility index (Phi) is 5.90. The van der Waals surface area contributed by atoms with Crippen LogP contribution >= 0.6 is 0 Å². The molecule has 1 aliphatic rings. The van der Waals surface area contributed by atoms with Crippen LogP contribution in [-0.4, -0.2) is 39.4 Å². The predicted molar refractivity (Wildman–Crippen MR) is 112 cm³/mol. The Hall–Kier alpha value is -2.73. The van der Waals surface area contributed by atoms with E-state index in [4.69, 9.17) is 0 Å². The van der Waals surface area contributed by atoms with Gasteiger partial charge in [-0.25, -0.2) is 9.37 Å². The molecule has 0 spiro atoms. The zero-order chi connectivity index (χ0) is 20.2. The number of imidazole rings is 1. The van der Waals surface area contributed by atoms with E-state index in [2.05, 4.69) is 15.3 Å². The van der Waals surface area contributed by atoms with Gasteiger partial charge in [0.05, 0.1) is 11.0 Å². The van der Waals surface area contributed by atoms with Crippen molar-refractivity contribution >= 4 is 16.9 Å². The van der Waals surface area contributed by atoms with E-state index in [1.54, 1.807) is 0 Å². The average molecular weight is 394 g/mol. The highest BCUT2D eigenvalue weighted by Gasteiger charge is 2.30. The van der Waals surface area contributed by atoms with Gasteiger partial charge in [0.25, 0.3) is 5.91 Å². The van der Waals surface area contributed by atoms with Crippen molar-refractivity contribution in [2.24, 2.45) is 0 Å². The first-order valence-electron chi connectivity index (χ1n) is 10.4. The topological polar surface area (TPSA) is 61.0 Å². The number of carbonyl (C=O) groups is 1. The largest absolute Gasteiger partial charge is 0.334 e. The number of nitrogens with zero attached hydrogens (tertiary/aromatic N) is 2. The number of rotatable bonds is 6. The van der Waals surface area contributed by atoms with Gasteiger partial charge in [0.2, 0.25) is 0 Å². The summed E-state index contributed by atoms with van der Waals surface area (Å²) in [5.41, 5.74) is 2.77. The maximum Gasteiger partial charge on any atom is 0.289 e. The van der Waals surface area contributed by atoms with Crippen molar-refractivity contribution in [3.63, 3.8) is 0 Å². The second-order valence-electron chi connectivity index (χ2n) is 7.72. The van der Waals surface area contributed by atoms with Crippen molar-refractivity contribution in [2.45, 2.75) is 51.2 Å². The Morgan fingerprint density at radius 1 is 1.21 bits per heavy atom. The van der Waals surface area contributed by atoms with E-state index in [1.165, 1.54) is 12.1 Å². The summed E-state index contributed by atoms with van der Waals surface area (Å²) in [6.45, 7) is 3.39. The minimum atomic E-state index is -0.214. The summed E-state index contributed by atoms with van der Waals surface area (Å²) in [4.78, 5) is 22.7. The van der Waals surface area contributed by atoms with E-state index in [9.17, 15) is 9.18 Å². The maximum atomic E-state index is 13.1. The molecule has 6 heteroatoms. The lowest BCUT2D eigenvalue weighted by Crippen LogP contribution is -2.47. The molecule has 29 heavy (non-hydrogen) atoms. The molecule has 1 aliphatic carbocycles. The molecule has 2 N–H and O–H groups in total. The van der Waals surface area contributed by atoms with E-state index < -0.39 is 0 Å². The minimum absolute atomic E-state index is 0.0344. The molecule has 0 saturated heterocycles. The number of benzene rings is 2. The summed E-state index contributed by atoms with van der Waals surface area (Å²) in [5, 5.41) is 3.58. The molecule has 2 unspecified atom stereocenters. The third-order valence-electron chi connectivity index (χ3n) is 5.79. The Labute approximate surface area is 170 Å². The van der Waals surface area contributed by atoms with Crippen LogP contribution in [0.3, 0.4) is 0 Å². The number of amides is 1. The molecule has 0 aliphatic heterocycles. The molecule has 5 nitrogen and oxygen atoms in total. The summed E-state index contributed by atoms with van der Waals surface area (Å²) in [6, 6.07) is 14.9. The number of carbonyl (C=O) groups excluding carboxylic acids is 1. The van der Waals surface area contributed by atoms with Gasteiger partial charge in [0.15, 0.2) is 5.82 Å². The first kappa shape index (κ1) is 19.6.